The average Bonchev–Trinajstić information content (AvgIpc) is 2.17. The molecule has 0 aliphatic rings. The number of rotatable bonds is 2. The normalized spacial score (nSPS) is 11.6. The second-order valence-electron chi connectivity index (χ2n) is 2.95. The summed E-state index contributed by atoms with van der Waals surface area (Å²) in [6.45, 7) is 0. The van der Waals surface area contributed by atoms with Crippen molar-refractivity contribution in [2.45, 2.75) is 0 Å². The van der Waals surface area contributed by atoms with Gasteiger partial charge in [0.25, 0.3) is 0 Å². The van der Waals surface area contributed by atoms with Gasteiger partial charge >= 0.3 is 0 Å². The highest BCUT2D eigenvalue weighted by Crippen LogP contribution is 2.08. The van der Waals surface area contributed by atoms with Gasteiger partial charge in [0.15, 0.2) is 0 Å². The molecular formula is C9H15N5. The molecule has 1 aromatic rings. The Labute approximate surface area is 83.6 Å². The van der Waals surface area contributed by atoms with E-state index in [1.54, 1.807) is 5.01 Å². The minimum absolute atomic E-state index is 0.501. The first-order valence-corrected chi connectivity index (χ1v) is 4.26. The molecule has 1 aromatic carbocycles. The molecule has 0 aliphatic carbocycles. The molecule has 4 N–H and O–H groups in total. The lowest BCUT2D eigenvalue weighted by atomic mass is 10.3. The van der Waals surface area contributed by atoms with Crippen molar-refractivity contribution < 1.29 is 0 Å². The van der Waals surface area contributed by atoms with Gasteiger partial charge < -0.3 is 0 Å². The smallest absolute Gasteiger partial charge is 0.225 e. The molecule has 0 aromatic heterocycles. The molecule has 76 valence electrons. The number of nitrogens with two attached hydrogens (primary N) is 1. The highest BCUT2D eigenvalue weighted by molar-refractivity contribution is 5.81. The van der Waals surface area contributed by atoms with Crippen LogP contribution in [-0.4, -0.2) is 25.1 Å². The summed E-state index contributed by atoms with van der Waals surface area (Å²) in [5.74, 6) is 5.80. The number of benzene rings is 1. The minimum atomic E-state index is 0.501. The lowest BCUT2D eigenvalue weighted by Crippen LogP contribution is -2.47. The Morgan fingerprint density at radius 2 is 1.93 bits per heavy atom. The molecule has 0 radical (unpaired) electrons. The fourth-order valence-corrected chi connectivity index (χ4v) is 0.933. The van der Waals surface area contributed by atoms with Crippen LogP contribution in [0.3, 0.4) is 0 Å². The standard InChI is InChI=1S/C9H15N5/c1-14(2)13-9(12-10)11-8-6-4-3-5-7-8/h3-7H,10H2,1-2H3,(H2,11,12,13). The van der Waals surface area contributed by atoms with Crippen molar-refractivity contribution >= 4 is 11.6 Å². The van der Waals surface area contributed by atoms with E-state index in [4.69, 9.17) is 5.84 Å². The number of para-hydroxylation sites is 1. The van der Waals surface area contributed by atoms with Gasteiger partial charge in [0.2, 0.25) is 5.96 Å². The number of hydrogen-bond acceptors (Lipinski definition) is 3. The van der Waals surface area contributed by atoms with Gasteiger partial charge in [0.1, 0.15) is 0 Å². The van der Waals surface area contributed by atoms with E-state index in [9.17, 15) is 0 Å². The number of aliphatic imine (C=N–C) groups is 1. The van der Waals surface area contributed by atoms with Crippen LogP contribution < -0.4 is 16.7 Å². The molecule has 0 aliphatic heterocycles. The summed E-state index contributed by atoms with van der Waals surface area (Å²) in [5, 5.41) is 1.75. The molecule has 0 amide bonds. The summed E-state index contributed by atoms with van der Waals surface area (Å²) < 4.78 is 0. The predicted octanol–water partition coefficient (Wildman–Crippen LogP) is 0.204. The van der Waals surface area contributed by atoms with Crippen LogP contribution in [0.4, 0.5) is 5.69 Å². The molecule has 0 saturated heterocycles. The van der Waals surface area contributed by atoms with E-state index in [1.807, 2.05) is 44.4 Å². The van der Waals surface area contributed by atoms with E-state index in [0.29, 0.717) is 5.96 Å². The third-order valence-corrected chi connectivity index (χ3v) is 1.46. The first-order chi connectivity index (χ1) is 6.72. The summed E-state index contributed by atoms with van der Waals surface area (Å²) in [6, 6.07) is 9.57. The molecule has 14 heavy (non-hydrogen) atoms. The quantitative estimate of drug-likeness (QED) is 0.272. The fraction of sp³-hybridized carbons (Fsp3) is 0.222. The topological polar surface area (TPSA) is 65.7 Å². The number of hydrogen-bond donors (Lipinski definition) is 3. The SMILES string of the molecule is CN(C)NC(=Nc1ccccc1)NN. The van der Waals surface area contributed by atoms with Gasteiger partial charge in [-0.3, -0.25) is 10.9 Å². The Balaban J connectivity index is 2.73. The first-order valence-electron chi connectivity index (χ1n) is 4.26. The zero-order chi connectivity index (χ0) is 10.4. The van der Waals surface area contributed by atoms with Crippen molar-refractivity contribution in [3.63, 3.8) is 0 Å². The van der Waals surface area contributed by atoms with E-state index in [1.165, 1.54) is 0 Å². The maximum atomic E-state index is 5.30. The summed E-state index contributed by atoms with van der Waals surface area (Å²) in [4.78, 5) is 4.24. The van der Waals surface area contributed by atoms with Crippen molar-refractivity contribution in [3.05, 3.63) is 30.3 Å². The zero-order valence-electron chi connectivity index (χ0n) is 8.36. The third-order valence-electron chi connectivity index (χ3n) is 1.46. The number of nitrogens with one attached hydrogen (secondary N) is 2. The Morgan fingerprint density at radius 3 is 2.43 bits per heavy atom. The Morgan fingerprint density at radius 1 is 1.29 bits per heavy atom. The number of hydrazine groups is 2. The van der Waals surface area contributed by atoms with Gasteiger partial charge in [-0.2, -0.15) is 0 Å². The van der Waals surface area contributed by atoms with Crippen LogP contribution in [0.1, 0.15) is 0 Å². The second kappa shape index (κ2) is 5.21. The van der Waals surface area contributed by atoms with Crippen LogP contribution in [-0.2, 0) is 0 Å². The van der Waals surface area contributed by atoms with E-state index < -0.39 is 0 Å². The molecule has 0 atom stereocenters. The van der Waals surface area contributed by atoms with Crippen LogP contribution in [0.2, 0.25) is 0 Å². The van der Waals surface area contributed by atoms with Crippen LogP contribution in [0.5, 0.6) is 0 Å². The van der Waals surface area contributed by atoms with Crippen LogP contribution >= 0.6 is 0 Å². The van der Waals surface area contributed by atoms with E-state index >= 15 is 0 Å². The van der Waals surface area contributed by atoms with Gasteiger partial charge in [-0.05, 0) is 12.1 Å². The van der Waals surface area contributed by atoms with Gasteiger partial charge in [0.05, 0.1) is 5.69 Å². The largest absolute Gasteiger partial charge is 0.293 e. The summed E-state index contributed by atoms with van der Waals surface area (Å²) >= 11 is 0. The highest BCUT2D eigenvalue weighted by atomic mass is 15.5. The monoisotopic (exact) mass is 193 g/mol. The first kappa shape index (κ1) is 10.5. The van der Waals surface area contributed by atoms with Crippen molar-refractivity contribution in [2.75, 3.05) is 14.1 Å². The van der Waals surface area contributed by atoms with Crippen molar-refractivity contribution in [1.82, 2.24) is 15.9 Å². The minimum Gasteiger partial charge on any atom is -0.293 e. The lowest BCUT2D eigenvalue weighted by Gasteiger charge is -2.14. The predicted molar refractivity (Wildman–Crippen MR) is 57.7 cm³/mol. The molecule has 0 saturated carbocycles. The molecule has 0 bridgehead atoms. The van der Waals surface area contributed by atoms with Gasteiger partial charge in [-0.1, -0.05) is 18.2 Å². The molecule has 0 heterocycles. The summed E-state index contributed by atoms with van der Waals surface area (Å²) in [5.41, 5.74) is 6.25. The maximum Gasteiger partial charge on any atom is 0.225 e. The Bertz CT molecular complexity index is 293. The summed E-state index contributed by atoms with van der Waals surface area (Å²) in [7, 11) is 3.72. The highest BCUT2D eigenvalue weighted by Gasteiger charge is 1.96. The van der Waals surface area contributed by atoms with E-state index in [2.05, 4.69) is 15.8 Å². The molecular weight excluding hydrogens is 178 g/mol. The van der Waals surface area contributed by atoms with E-state index in [-0.39, 0.29) is 0 Å². The van der Waals surface area contributed by atoms with Crippen molar-refractivity contribution in [3.8, 4) is 0 Å². The van der Waals surface area contributed by atoms with Crippen molar-refractivity contribution in [2.24, 2.45) is 10.8 Å². The molecule has 1 rings (SSSR count). The average molecular weight is 193 g/mol. The van der Waals surface area contributed by atoms with Gasteiger partial charge in [-0.15, -0.1) is 0 Å². The molecule has 5 nitrogen and oxygen atoms in total. The fourth-order valence-electron chi connectivity index (χ4n) is 0.933. The second-order valence-corrected chi connectivity index (χ2v) is 2.95. The van der Waals surface area contributed by atoms with Gasteiger partial charge in [-0.25, -0.2) is 15.8 Å². The lowest BCUT2D eigenvalue weighted by molar-refractivity contribution is 0.356. The van der Waals surface area contributed by atoms with E-state index in [0.717, 1.165) is 5.69 Å². The van der Waals surface area contributed by atoms with Gasteiger partial charge in [0, 0.05) is 14.1 Å². The Kier molecular flexibility index (Phi) is 3.90. The molecule has 0 unspecified atom stereocenters. The number of guanidine groups is 1. The third kappa shape index (κ3) is 3.42. The number of nitrogens with zero attached hydrogens (tertiary/aromatic N) is 2. The molecule has 0 spiro atoms. The summed E-state index contributed by atoms with van der Waals surface area (Å²) in [6.07, 6.45) is 0. The van der Waals surface area contributed by atoms with Crippen LogP contribution in [0.25, 0.3) is 0 Å². The Hall–Kier alpha value is -1.59. The maximum absolute atomic E-state index is 5.30. The molecule has 0 fully saturated rings. The van der Waals surface area contributed by atoms with Crippen molar-refractivity contribution in [1.29, 1.82) is 0 Å². The molecule has 5 heteroatoms. The van der Waals surface area contributed by atoms with Crippen LogP contribution in [0.15, 0.2) is 35.3 Å². The zero-order valence-corrected chi connectivity index (χ0v) is 8.36. The van der Waals surface area contributed by atoms with Crippen LogP contribution in [0, 0.1) is 0 Å².